The van der Waals surface area contributed by atoms with Gasteiger partial charge in [0, 0.05) is 12.0 Å². The first-order valence-corrected chi connectivity index (χ1v) is 15.0. The molecule has 0 aliphatic heterocycles. The Hall–Kier alpha value is -2.16. The van der Waals surface area contributed by atoms with E-state index >= 15 is 0 Å². The van der Waals surface area contributed by atoms with Crippen LogP contribution in [0.4, 0.5) is 0 Å². The van der Waals surface area contributed by atoms with Crippen LogP contribution >= 0.6 is 0 Å². The number of benzene rings is 1. The maximum atomic E-state index is 12.7. The molecular weight excluding hydrogens is 615 g/mol. The minimum atomic E-state index is -0.310. The second kappa shape index (κ2) is 21.6. The molecule has 2 atom stereocenters. The first-order valence-electron chi connectivity index (χ1n) is 15.0. The zero-order valence-electron chi connectivity index (χ0n) is 25.0. The molecule has 224 valence electrons. The smallest absolute Gasteiger partial charge is 0.333 e. The van der Waals surface area contributed by atoms with E-state index in [1.165, 1.54) is 44.8 Å². The number of carbonyl (C=O) groups excluding carboxylic acids is 2. The molecular formula is C33H51IN2O4. The number of nitrogens with zero attached hydrogens (tertiary/aromatic N) is 2. The van der Waals surface area contributed by atoms with Crippen LogP contribution in [0.1, 0.15) is 115 Å². The fraction of sp³-hybridized carbons (Fsp3) is 0.606. The van der Waals surface area contributed by atoms with E-state index < -0.39 is 0 Å². The molecule has 7 heteroatoms. The third-order valence-electron chi connectivity index (χ3n) is 7.29. The number of hydrogen-bond acceptors (Lipinski definition) is 4. The molecule has 0 aliphatic carbocycles. The molecule has 0 saturated carbocycles. The van der Waals surface area contributed by atoms with E-state index in [2.05, 4.69) is 65.6 Å². The van der Waals surface area contributed by atoms with E-state index in [1.54, 1.807) is 6.92 Å². The number of halogens is 1. The van der Waals surface area contributed by atoms with Crippen molar-refractivity contribution in [2.45, 2.75) is 122 Å². The van der Waals surface area contributed by atoms with Crippen molar-refractivity contribution in [2.75, 3.05) is 7.11 Å². The number of methoxy groups -OCH3 is 1. The lowest BCUT2D eigenvalue weighted by atomic mass is 9.97. The summed E-state index contributed by atoms with van der Waals surface area (Å²) >= 11 is 0. The number of ether oxygens (including phenoxy) is 2. The molecule has 1 aromatic heterocycles. The van der Waals surface area contributed by atoms with Gasteiger partial charge in [0.15, 0.2) is 0 Å². The summed E-state index contributed by atoms with van der Waals surface area (Å²) in [4.78, 5) is 24.0. The Bertz CT molecular complexity index is 976. The van der Waals surface area contributed by atoms with Crippen molar-refractivity contribution in [1.29, 1.82) is 0 Å². The van der Waals surface area contributed by atoms with Gasteiger partial charge in [-0.15, -0.1) is 0 Å². The number of carbonyl (C=O) groups is 2. The van der Waals surface area contributed by atoms with Gasteiger partial charge in [0.25, 0.3) is 0 Å². The van der Waals surface area contributed by atoms with Gasteiger partial charge in [-0.05, 0) is 44.6 Å². The molecule has 0 bridgehead atoms. The molecule has 2 rings (SSSR count). The van der Waals surface area contributed by atoms with Crippen LogP contribution in [-0.2, 0) is 25.6 Å². The zero-order chi connectivity index (χ0) is 28.3. The molecule has 40 heavy (non-hydrogen) atoms. The summed E-state index contributed by atoms with van der Waals surface area (Å²) in [5.41, 5.74) is 1.69. The van der Waals surface area contributed by atoms with E-state index in [-0.39, 0.29) is 48.1 Å². The second-order valence-corrected chi connectivity index (χ2v) is 10.7. The molecule has 1 aromatic carbocycles. The van der Waals surface area contributed by atoms with Crippen molar-refractivity contribution >= 4 is 11.9 Å². The lowest BCUT2D eigenvalue weighted by Crippen LogP contribution is -3.00. The minimum absolute atomic E-state index is 0. The fourth-order valence-electron chi connectivity index (χ4n) is 4.97. The number of hydrogen-bond donors (Lipinski definition) is 0. The van der Waals surface area contributed by atoms with E-state index in [1.807, 2.05) is 6.07 Å². The van der Waals surface area contributed by atoms with E-state index in [0.29, 0.717) is 12.0 Å². The van der Waals surface area contributed by atoms with Crippen LogP contribution in [0.2, 0.25) is 0 Å². The van der Waals surface area contributed by atoms with E-state index in [4.69, 9.17) is 9.47 Å². The first kappa shape index (κ1) is 35.9. The monoisotopic (exact) mass is 666 g/mol. The topological polar surface area (TPSA) is 61.4 Å². The Balaban J connectivity index is 0.00000800. The van der Waals surface area contributed by atoms with Crippen LogP contribution in [0, 0.1) is 0 Å². The predicted octanol–water partition coefficient (Wildman–Crippen LogP) is 4.51. The van der Waals surface area contributed by atoms with Crippen LogP contribution in [0.25, 0.3) is 0 Å². The molecule has 2 aromatic rings. The SMILES string of the molecule is C=C(C)C(=O)OC(CCCCCCCC(=O)OC)C(CCCCCCCC)n1cc[n+](Cc2ccccc2)c1.[I-]. The van der Waals surface area contributed by atoms with Gasteiger partial charge in [0.05, 0.1) is 7.11 Å². The first-order chi connectivity index (χ1) is 18.9. The van der Waals surface area contributed by atoms with Gasteiger partial charge in [-0.3, -0.25) is 4.79 Å². The normalized spacial score (nSPS) is 12.3. The molecule has 0 spiro atoms. The van der Waals surface area contributed by atoms with Gasteiger partial charge >= 0.3 is 11.9 Å². The second-order valence-electron chi connectivity index (χ2n) is 10.7. The Morgan fingerprint density at radius 2 is 1.55 bits per heavy atom. The summed E-state index contributed by atoms with van der Waals surface area (Å²) in [7, 11) is 1.43. The van der Waals surface area contributed by atoms with Crippen molar-refractivity contribution in [1.82, 2.24) is 4.57 Å². The Morgan fingerprint density at radius 3 is 2.20 bits per heavy atom. The maximum Gasteiger partial charge on any atom is 0.333 e. The summed E-state index contributed by atoms with van der Waals surface area (Å²) in [5, 5.41) is 0. The van der Waals surface area contributed by atoms with Gasteiger partial charge in [-0.1, -0.05) is 95.2 Å². The third-order valence-corrected chi connectivity index (χ3v) is 7.29. The number of rotatable bonds is 21. The predicted molar refractivity (Wildman–Crippen MR) is 156 cm³/mol. The highest BCUT2D eigenvalue weighted by Crippen LogP contribution is 2.27. The van der Waals surface area contributed by atoms with Gasteiger partial charge in [0.1, 0.15) is 31.1 Å². The van der Waals surface area contributed by atoms with Gasteiger partial charge in [-0.2, -0.15) is 0 Å². The van der Waals surface area contributed by atoms with Crippen LogP contribution in [0.5, 0.6) is 0 Å². The van der Waals surface area contributed by atoms with Crippen LogP contribution in [0.3, 0.4) is 0 Å². The molecule has 0 aliphatic rings. The third kappa shape index (κ3) is 14.5. The Morgan fingerprint density at radius 1 is 0.925 bits per heavy atom. The lowest BCUT2D eigenvalue weighted by molar-refractivity contribution is -0.688. The molecule has 0 N–H and O–H groups in total. The highest BCUT2D eigenvalue weighted by atomic mass is 127. The van der Waals surface area contributed by atoms with E-state index in [0.717, 1.165) is 57.9 Å². The average molecular weight is 667 g/mol. The quantitative estimate of drug-likeness (QED) is 0.0648. The summed E-state index contributed by atoms with van der Waals surface area (Å²) in [6.07, 6.45) is 20.8. The number of esters is 2. The largest absolute Gasteiger partial charge is 1.00 e. The number of aromatic nitrogens is 2. The number of unbranched alkanes of at least 4 members (excludes halogenated alkanes) is 9. The molecule has 1 heterocycles. The molecule has 0 amide bonds. The zero-order valence-corrected chi connectivity index (χ0v) is 27.2. The average Bonchev–Trinajstić information content (AvgIpc) is 3.39. The standard InChI is InChI=1S/C33H51N2O4.HI/c1-5-6-7-8-10-16-21-30(35-25-24-34(27-35)26-29-19-14-13-15-20-29)31(39-33(37)28(2)3)22-17-11-9-12-18-23-32(36)38-4;/h13-15,19-20,24-25,27,30-31H,2,5-12,16-18,21-23,26H2,1,3-4H3;1H/q+1;/p-1. The minimum Gasteiger partial charge on any atom is -1.00 e. The van der Waals surface area contributed by atoms with Gasteiger partial charge in [0.2, 0.25) is 6.33 Å². The Kier molecular flexibility index (Phi) is 19.3. The van der Waals surface area contributed by atoms with Crippen molar-refractivity contribution in [3.05, 3.63) is 66.8 Å². The molecule has 0 radical (unpaired) electrons. The fourth-order valence-corrected chi connectivity index (χ4v) is 4.97. The summed E-state index contributed by atoms with van der Waals surface area (Å²) in [6, 6.07) is 10.5. The van der Waals surface area contributed by atoms with Crippen molar-refractivity contribution in [3.63, 3.8) is 0 Å². The van der Waals surface area contributed by atoms with Crippen molar-refractivity contribution in [3.8, 4) is 0 Å². The summed E-state index contributed by atoms with van der Waals surface area (Å²) < 4.78 is 15.3. The number of imidazole rings is 1. The van der Waals surface area contributed by atoms with Crippen molar-refractivity contribution < 1.29 is 47.6 Å². The molecule has 6 nitrogen and oxygen atoms in total. The van der Waals surface area contributed by atoms with Crippen molar-refractivity contribution in [2.24, 2.45) is 0 Å². The highest BCUT2D eigenvalue weighted by molar-refractivity contribution is 5.87. The molecule has 0 fully saturated rings. The summed E-state index contributed by atoms with van der Waals surface area (Å²) in [6.45, 7) is 8.59. The van der Waals surface area contributed by atoms with Gasteiger partial charge in [-0.25, -0.2) is 13.9 Å². The van der Waals surface area contributed by atoms with Crippen LogP contribution in [0.15, 0.2) is 61.2 Å². The Labute approximate surface area is 259 Å². The van der Waals surface area contributed by atoms with E-state index in [9.17, 15) is 9.59 Å². The van der Waals surface area contributed by atoms with Crippen LogP contribution in [-0.4, -0.2) is 29.7 Å². The summed E-state index contributed by atoms with van der Waals surface area (Å²) in [5.74, 6) is -0.453. The maximum absolute atomic E-state index is 12.7. The molecule has 0 saturated heterocycles. The highest BCUT2D eigenvalue weighted by Gasteiger charge is 2.30. The lowest BCUT2D eigenvalue weighted by Gasteiger charge is -2.25. The van der Waals surface area contributed by atoms with Gasteiger partial charge < -0.3 is 33.5 Å². The van der Waals surface area contributed by atoms with Crippen LogP contribution < -0.4 is 28.5 Å². The molecule has 2 unspecified atom stereocenters.